The van der Waals surface area contributed by atoms with E-state index in [1.807, 2.05) is 0 Å². The summed E-state index contributed by atoms with van der Waals surface area (Å²) in [5.41, 5.74) is 4.63. The highest BCUT2D eigenvalue weighted by atomic mass is 16.6. The molecule has 0 spiro atoms. The van der Waals surface area contributed by atoms with Crippen LogP contribution < -0.4 is 10.9 Å². The van der Waals surface area contributed by atoms with E-state index >= 15 is 0 Å². The van der Waals surface area contributed by atoms with Gasteiger partial charge in [0.25, 0.3) is 0 Å². The van der Waals surface area contributed by atoms with E-state index in [-0.39, 0.29) is 13.2 Å². The molecule has 8 nitrogen and oxygen atoms in total. The fourth-order valence-electron chi connectivity index (χ4n) is 0.668. The summed E-state index contributed by atoms with van der Waals surface area (Å²) in [6, 6.07) is 0. The van der Waals surface area contributed by atoms with E-state index in [9.17, 15) is 9.59 Å². The lowest BCUT2D eigenvalue weighted by Crippen LogP contribution is -2.21. The molecule has 0 aliphatic heterocycles. The molecule has 8 heteroatoms. The number of amides is 2. The Morgan fingerprint density at radius 2 is 1.65 bits per heavy atom. The second-order valence-electron chi connectivity index (χ2n) is 2.68. The average Bonchev–Trinajstić information content (AvgIpc) is 2.27. The highest BCUT2D eigenvalue weighted by Crippen LogP contribution is 1.78. The fraction of sp³-hybridized carbons (Fsp3) is 0.556. The van der Waals surface area contributed by atoms with Gasteiger partial charge in [-0.25, -0.2) is 20.4 Å². The van der Waals surface area contributed by atoms with Crippen molar-refractivity contribution in [3.05, 3.63) is 0 Å². The molecule has 0 saturated carbocycles. The monoisotopic (exact) mass is 244 g/mol. The van der Waals surface area contributed by atoms with Crippen molar-refractivity contribution >= 4 is 24.1 Å². The van der Waals surface area contributed by atoms with Gasteiger partial charge in [-0.3, -0.25) is 0 Å². The third-order valence-electron chi connectivity index (χ3n) is 1.28. The number of nitrogens with one attached hydrogen (secondary N) is 2. The Morgan fingerprint density at radius 3 is 2.18 bits per heavy atom. The molecule has 0 aromatic heterocycles. The molecule has 0 saturated heterocycles. The molecule has 96 valence electrons. The molecule has 0 aromatic rings. The van der Waals surface area contributed by atoms with Crippen molar-refractivity contribution in [3.8, 4) is 0 Å². The average molecular weight is 244 g/mol. The van der Waals surface area contributed by atoms with Crippen LogP contribution in [0.2, 0.25) is 0 Å². The first-order chi connectivity index (χ1) is 8.10. The zero-order valence-electron chi connectivity index (χ0n) is 10.0. The summed E-state index contributed by atoms with van der Waals surface area (Å²) < 4.78 is 9.14. The lowest BCUT2D eigenvalue weighted by Gasteiger charge is -2.00. The zero-order valence-corrected chi connectivity index (χ0v) is 10.0. The summed E-state index contributed by atoms with van der Waals surface area (Å²) in [5.74, 6) is 0. The summed E-state index contributed by atoms with van der Waals surface area (Å²) >= 11 is 0. The highest BCUT2D eigenvalue weighted by molar-refractivity contribution is 6.29. The Morgan fingerprint density at radius 1 is 1.12 bits per heavy atom. The third kappa shape index (κ3) is 8.85. The van der Waals surface area contributed by atoms with E-state index in [1.54, 1.807) is 20.8 Å². The van der Waals surface area contributed by atoms with Gasteiger partial charge in [0.2, 0.25) is 0 Å². The van der Waals surface area contributed by atoms with Crippen LogP contribution in [0.3, 0.4) is 0 Å². The summed E-state index contributed by atoms with van der Waals surface area (Å²) in [5, 5.41) is 7.18. The van der Waals surface area contributed by atoms with Gasteiger partial charge in [-0.2, -0.15) is 10.2 Å². The van der Waals surface area contributed by atoms with E-state index in [4.69, 9.17) is 0 Å². The summed E-state index contributed by atoms with van der Waals surface area (Å²) in [6.45, 7) is 5.47. The van der Waals surface area contributed by atoms with Gasteiger partial charge in [-0.05, 0) is 20.8 Å². The maximum Gasteiger partial charge on any atom is 0.427 e. The minimum absolute atomic E-state index is 0.263. The lowest BCUT2D eigenvalue weighted by atomic mass is 10.5. The number of rotatable bonds is 5. The third-order valence-corrected chi connectivity index (χ3v) is 1.28. The van der Waals surface area contributed by atoms with Crippen LogP contribution in [-0.4, -0.2) is 37.3 Å². The molecule has 2 N–H and O–H groups in total. The molecular formula is C9H16N4O4. The van der Waals surface area contributed by atoms with Gasteiger partial charge < -0.3 is 9.47 Å². The molecule has 0 fully saturated rings. The molecule has 0 aromatic carbocycles. The van der Waals surface area contributed by atoms with Gasteiger partial charge in [-0.15, -0.1) is 0 Å². The number of carbonyl (C=O) groups excluding carboxylic acids is 2. The van der Waals surface area contributed by atoms with Crippen molar-refractivity contribution < 1.29 is 19.1 Å². The van der Waals surface area contributed by atoms with E-state index in [2.05, 4.69) is 30.5 Å². The molecule has 0 radical (unpaired) electrons. The Labute approximate surface area is 99.0 Å². The Hall–Kier alpha value is -2.12. The van der Waals surface area contributed by atoms with Crippen molar-refractivity contribution in [2.45, 2.75) is 20.8 Å². The first-order valence-corrected chi connectivity index (χ1v) is 5.03. The maximum absolute atomic E-state index is 10.8. The van der Waals surface area contributed by atoms with Crippen molar-refractivity contribution in [1.82, 2.24) is 10.9 Å². The fourth-order valence-corrected chi connectivity index (χ4v) is 0.668. The van der Waals surface area contributed by atoms with Crippen LogP contribution in [0.5, 0.6) is 0 Å². The minimum atomic E-state index is -0.657. The van der Waals surface area contributed by atoms with E-state index in [0.717, 1.165) is 0 Å². The van der Waals surface area contributed by atoms with Gasteiger partial charge in [0.1, 0.15) is 0 Å². The van der Waals surface area contributed by atoms with Crippen molar-refractivity contribution in [1.29, 1.82) is 0 Å². The molecule has 0 heterocycles. The largest absolute Gasteiger partial charge is 0.449 e. The molecule has 0 unspecified atom stereocenters. The molecule has 0 rings (SSSR count). The Kier molecular flexibility index (Phi) is 7.99. The van der Waals surface area contributed by atoms with Crippen LogP contribution in [-0.2, 0) is 9.47 Å². The standard InChI is InChI=1S/C9H16N4O4/c1-4-16-8(14)12-10-6-7(3)11-13-9(15)17-5-2/h6H,4-5H2,1-3H3,(H,12,14)(H,13,15)/b10-6-,11-7+. The predicted octanol–water partition coefficient (Wildman–Crippen LogP) is 0.840. The van der Waals surface area contributed by atoms with E-state index in [1.165, 1.54) is 6.21 Å². The predicted molar refractivity (Wildman–Crippen MR) is 61.9 cm³/mol. The van der Waals surface area contributed by atoms with Gasteiger partial charge in [0, 0.05) is 0 Å². The van der Waals surface area contributed by atoms with Gasteiger partial charge in [-0.1, -0.05) is 0 Å². The smallest absolute Gasteiger partial charge is 0.427 e. The van der Waals surface area contributed by atoms with Crippen molar-refractivity contribution in [3.63, 3.8) is 0 Å². The second-order valence-corrected chi connectivity index (χ2v) is 2.68. The van der Waals surface area contributed by atoms with Crippen molar-refractivity contribution in [2.75, 3.05) is 13.2 Å². The number of hydrazone groups is 2. The second kappa shape index (κ2) is 9.13. The van der Waals surface area contributed by atoms with Gasteiger partial charge >= 0.3 is 12.2 Å². The van der Waals surface area contributed by atoms with E-state index < -0.39 is 12.2 Å². The Bertz CT molecular complexity index is 314. The Balaban J connectivity index is 3.94. The quantitative estimate of drug-likeness (QED) is 0.552. The number of nitrogens with zero attached hydrogens (tertiary/aromatic N) is 2. The van der Waals surface area contributed by atoms with Crippen LogP contribution >= 0.6 is 0 Å². The number of ether oxygens (including phenoxy) is 2. The molecule has 0 atom stereocenters. The summed E-state index contributed by atoms with van der Waals surface area (Å²) in [7, 11) is 0. The normalized spacial score (nSPS) is 11.1. The summed E-state index contributed by atoms with van der Waals surface area (Å²) in [6.07, 6.45) is -0.0584. The maximum atomic E-state index is 10.8. The van der Waals surface area contributed by atoms with Crippen LogP contribution in [0.4, 0.5) is 9.59 Å². The highest BCUT2D eigenvalue weighted by Gasteiger charge is 1.97. The summed E-state index contributed by atoms with van der Waals surface area (Å²) in [4.78, 5) is 21.6. The van der Waals surface area contributed by atoms with E-state index in [0.29, 0.717) is 5.71 Å². The lowest BCUT2D eigenvalue weighted by molar-refractivity contribution is 0.151. The van der Waals surface area contributed by atoms with Crippen LogP contribution in [0.1, 0.15) is 20.8 Å². The van der Waals surface area contributed by atoms with Crippen molar-refractivity contribution in [2.24, 2.45) is 10.2 Å². The number of hydrogen-bond acceptors (Lipinski definition) is 6. The number of carbonyl (C=O) groups is 2. The molecule has 0 aliphatic rings. The minimum Gasteiger partial charge on any atom is -0.449 e. The molecule has 17 heavy (non-hydrogen) atoms. The molecule has 2 amide bonds. The molecule has 0 bridgehead atoms. The topological polar surface area (TPSA) is 101 Å². The first kappa shape index (κ1) is 14.9. The molecule has 0 aliphatic carbocycles. The number of hydrogen-bond donors (Lipinski definition) is 2. The molecular weight excluding hydrogens is 228 g/mol. The first-order valence-electron chi connectivity index (χ1n) is 5.03. The SMILES string of the molecule is CCOC(=O)N/N=C\C(C)=N\NC(=O)OCC. The van der Waals surface area contributed by atoms with Crippen LogP contribution in [0.25, 0.3) is 0 Å². The van der Waals surface area contributed by atoms with Gasteiger partial charge in [0.15, 0.2) is 0 Å². The van der Waals surface area contributed by atoms with Crippen LogP contribution in [0, 0.1) is 0 Å². The van der Waals surface area contributed by atoms with Crippen LogP contribution in [0.15, 0.2) is 10.2 Å². The zero-order chi connectivity index (χ0) is 13.1. The van der Waals surface area contributed by atoms with Gasteiger partial charge in [0.05, 0.1) is 25.1 Å².